The molecular formula is C17H23NO2. The van der Waals surface area contributed by atoms with Crippen molar-refractivity contribution < 1.29 is 9.15 Å². The van der Waals surface area contributed by atoms with Crippen molar-refractivity contribution in [1.29, 1.82) is 0 Å². The molecule has 2 aromatic rings. The average Bonchev–Trinajstić information content (AvgIpc) is 2.78. The third-order valence-corrected chi connectivity index (χ3v) is 3.47. The van der Waals surface area contributed by atoms with Gasteiger partial charge in [0.1, 0.15) is 23.9 Å². The molecule has 108 valence electrons. The molecule has 0 saturated heterocycles. The van der Waals surface area contributed by atoms with E-state index in [0.717, 1.165) is 30.4 Å². The lowest BCUT2D eigenvalue weighted by Gasteiger charge is -2.06. The third kappa shape index (κ3) is 3.64. The molecule has 0 aliphatic rings. The van der Waals surface area contributed by atoms with E-state index in [1.165, 1.54) is 16.7 Å². The van der Waals surface area contributed by atoms with Crippen molar-refractivity contribution in [1.82, 2.24) is 5.32 Å². The molecule has 0 bridgehead atoms. The highest BCUT2D eigenvalue weighted by atomic mass is 16.5. The number of nitrogens with one attached hydrogen (secondary N) is 1. The maximum absolute atomic E-state index is 5.80. The van der Waals surface area contributed by atoms with Gasteiger partial charge < -0.3 is 14.5 Å². The molecule has 1 N–H and O–H groups in total. The van der Waals surface area contributed by atoms with E-state index in [0.29, 0.717) is 6.61 Å². The molecule has 2 rings (SSSR count). The molecule has 0 aliphatic heterocycles. The summed E-state index contributed by atoms with van der Waals surface area (Å²) in [4.78, 5) is 0. The molecule has 1 aromatic heterocycles. The Hall–Kier alpha value is -1.74. The van der Waals surface area contributed by atoms with Gasteiger partial charge in [0.05, 0.1) is 6.54 Å². The number of hydrogen-bond donors (Lipinski definition) is 1. The summed E-state index contributed by atoms with van der Waals surface area (Å²) >= 11 is 0. The van der Waals surface area contributed by atoms with Crippen LogP contribution in [0.4, 0.5) is 0 Å². The van der Waals surface area contributed by atoms with Crippen LogP contribution in [0.3, 0.4) is 0 Å². The highest BCUT2D eigenvalue weighted by Crippen LogP contribution is 2.20. The minimum Gasteiger partial charge on any atom is -0.486 e. The van der Waals surface area contributed by atoms with Crippen LogP contribution < -0.4 is 10.1 Å². The molecule has 0 spiro atoms. The van der Waals surface area contributed by atoms with Crippen molar-refractivity contribution in [2.75, 3.05) is 6.54 Å². The molecule has 0 fully saturated rings. The molecule has 3 heteroatoms. The van der Waals surface area contributed by atoms with Gasteiger partial charge in [0.2, 0.25) is 0 Å². The molecule has 1 aromatic carbocycles. The Morgan fingerprint density at radius 3 is 2.55 bits per heavy atom. The first-order valence-electron chi connectivity index (χ1n) is 7.09. The number of aryl methyl sites for hydroxylation is 3. The second kappa shape index (κ2) is 6.62. The second-order valence-corrected chi connectivity index (χ2v) is 5.13. The lowest BCUT2D eigenvalue weighted by molar-refractivity contribution is 0.265. The quantitative estimate of drug-likeness (QED) is 0.867. The van der Waals surface area contributed by atoms with E-state index in [1.54, 1.807) is 0 Å². The SMILES string of the molecule is CCNCc1oc(COc2ccc(C)c(C)c2)cc1C. The standard InChI is InChI=1S/C17H23NO2/c1-5-18-10-17-14(4)9-16(20-17)11-19-15-7-6-12(2)13(3)8-15/h6-9,18H,5,10-11H2,1-4H3. The lowest BCUT2D eigenvalue weighted by atomic mass is 10.1. The highest BCUT2D eigenvalue weighted by Gasteiger charge is 2.08. The Bertz CT molecular complexity index is 572. The summed E-state index contributed by atoms with van der Waals surface area (Å²) < 4.78 is 11.6. The van der Waals surface area contributed by atoms with Gasteiger partial charge in [0.25, 0.3) is 0 Å². The van der Waals surface area contributed by atoms with Crippen molar-refractivity contribution in [2.45, 2.75) is 40.8 Å². The maximum Gasteiger partial charge on any atom is 0.146 e. The number of rotatable bonds is 6. The lowest BCUT2D eigenvalue weighted by Crippen LogP contribution is -2.11. The van der Waals surface area contributed by atoms with Crippen molar-refractivity contribution in [3.05, 3.63) is 52.5 Å². The van der Waals surface area contributed by atoms with Gasteiger partial charge in [-0.1, -0.05) is 13.0 Å². The van der Waals surface area contributed by atoms with Crippen LogP contribution in [0.5, 0.6) is 5.75 Å². The fraction of sp³-hybridized carbons (Fsp3) is 0.412. The zero-order chi connectivity index (χ0) is 14.5. The zero-order valence-corrected chi connectivity index (χ0v) is 12.7. The summed E-state index contributed by atoms with van der Waals surface area (Å²) in [6, 6.07) is 8.19. The van der Waals surface area contributed by atoms with Crippen LogP contribution in [0.25, 0.3) is 0 Å². The first kappa shape index (κ1) is 14.7. The predicted molar refractivity (Wildman–Crippen MR) is 81.1 cm³/mol. The van der Waals surface area contributed by atoms with Crippen LogP contribution in [0.15, 0.2) is 28.7 Å². The second-order valence-electron chi connectivity index (χ2n) is 5.13. The van der Waals surface area contributed by atoms with Gasteiger partial charge in [-0.2, -0.15) is 0 Å². The Morgan fingerprint density at radius 2 is 1.85 bits per heavy atom. The normalized spacial score (nSPS) is 10.8. The predicted octanol–water partition coefficient (Wildman–Crippen LogP) is 3.89. The molecule has 0 atom stereocenters. The van der Waals surface area contributed by atoms with Crippen molar-refractivity contribution in [3.8, 4) is 5.75 Å². The summed E-state index contributed by atoms with van der Waals surface area (Å²) in [5, 5.41) is 3.27. The van der Waals surface area contributed by atoms with Crippen molar-refractivity contribution in [2.24, 2.45) is 0 Å². The summed E-state index contributed by atoms with van der Waals surface area (Å²) in [6.45, 7) is 10.5. The van der Waals surface area contributed by atoms with Gasteiger partial charge in [0.15, 0.2) is 0 Å². The van der Waals surface area contributed by atoms with Crippen LogP contribution in [0.1, 0.15) is 35.1 Å². The van der Waals surface area contributed by atoms with Crippen LogP contribution in [-0.2, 0) is 13.2 Å². The fourth-order valence-corrected chi connectivity index (χ4v) is 2.03. The van der Waals surface area contributed by atoms with E-state index in [9.17, 15) is 0 Å². The molecule has 20 heavy (non-hydrogen) atoms. The highest BCUT2D eigenvalue weighted by molar-refractivity contribution is 5.34. The van der Waals surface area contributed by atoms with Crippen molar-refractivity contribution in [3.63, 3.8) is 0 Å². The van der Waals surface area contributed by atoms with Gasteiger partial charge >= 0.3 is 0 Å². The summed E-state index contributed by atoms with van der Waals surface area (Å²) in [5.74, 6) is 2.74. The zero-order valence-electron chi connectivity index (χ0n) is 12.7. The minimum absolute atomic E-state index is 0.468. The van der Waals surface area contributed by atoms with Crippen LogP contribution in [-0.4, -0.2) is 6.54 Å². The molecule has 3 nitrogen and oxygen atoms in total. The Labute approximate surface area is 121 Å². The number of hydrogen-bond acceptors (Lipinski definition) is 3. The van der Waals surface area contributed by atoms with Gasteiger partial charge in [-0.15, -0.1) is 0 Å². The molecule has 0 aliphatic carbocycles. The first-order chi connectivity index (χ1) is 9.60. The average molecular weight is 273 g/mol. The summed E-state index contributed by atoms with van der Waals surface area (Å²) in [5.41, 5.74) is 3.69. The Morgan fingerprint density at radius 1 is 1.05 bits per heavy atom. The number of ether oxygens (including phenoxy) is 1. The van der Waals surface area contributed by atoms with Crippen LogP contribution >= 0.6 is 0 Å². The van der Waals surface area contributed by atoms with Gasteiger partial charge in [0, 0.05) is 0 Å². The molecule has 0 radical (unpaired) electrons. The van der Waals surface area contributed by atoms with Gasteiger partial charge in [-0.3, -0.25) is 0 Å². The molecule has 1 heterocycles. The van der Waals surface area contributed by atoms with Gasteiger partial charge in [-0.05, 0) is 62.2 Å². The Kier molecular flexibility index (Phi) is 4.85. The summed E-state index contributed by atoms with van der Waals surface area (Å²) in [7, 11) is 0. The fourth-order valence-electron chi connectivity index (χ4n) is 2.03. The van der Waals surface area contributed by atoms with E-state index >= 15 is 0 Å². The van der Waals surface area contributed by atoms with Gasteiger partial charge in [-0.25, -0.2) is 0 Å². The maximum atomic E-state index is 5.80. The van der Waals surface area contributed by atoms with E-state index in [-0.39, 0.29) is 0 Å². The molecule has 0 saturated carbocycles. The smallest absolute Gasteiger partial charge is 0.146 e. The largest absolute Gasteiger partial charge is 0.486 e. The minimum atomic E-state index is 0.468. The van der Waals surface area contributed by atoms with E-state index in [4.69, 9.17) is 9.15 Å². The number of furan rings is 1. The third-order valence-electron chi connectivity index (χ3n) is 3.47. The topological polar surface area (TPSA) is 34.4 Å². The van der Waals surface area contributed by atoms with E-state index in [1.807, 2.05) is 12.1 Å². The van der Waals surface area contributed by atoms with Crippen LogP contribution in [0, 0.1) is 20.8 Å². The summed E-state index contributed by atoms with van der Waals surface area (Å²) in [6.07, 6.45) is 0. The van der Waals surface area contributed by atoms with Crippen LogP contribution in [0.2, 0.25) is 0 Å². The first-order valence-corrected chi connectivity index (χ1v) is 7.09. The molecule has 0 amide bonds. The Balaban J connectivity index is 1.98. The molecule has 0 unspecified atom stereocenters. The monoisotopic (exact) mass is 273 g/mol. The van der Waals surface area contributed by atoms with E-state index in [2.05, 4.69) is 45.1 Å². The van der Waals surface area contributed by atoms with E-state index < -0.39 is 0 Å². The van der Waals surface area contributed by atoms with Crippen molar-refractivity contribution >= 4 is 0 Å². The molecular weight excluding hydrogens is 250 g/mol. The number of benzene rings is 1.